The number of rotatable bonds is 4. The molecule has 0 saturated carbocycles. The third-order valence-electron chi connectivity index (χ3n) is 3.50. The van der Waals surface area contributed by atoms with E-state index in [2.05, 4.69) is 22.0 Å². The third-order valence-corrected chi connectivity index (χ3v) is 3.50. The van der Waals surface area contributed by atoms with Gasteiger partial charge in [-0.3, -0.25) is 4.90 Å². The van der Waals surface area contributed by atoms with Crippen LogP contribution in [-0.4, -0.2) is 27.6 Å². The molecule has 1 aromatic rings. The first-order valence-corrected chi connectivity index (χ1v) is 6.59. The number of likely N-dealkylation sites (tertiary alicyclic amines) is 1. The predicted octanol–water partition coefficient (Wildman–Crippen LogP) is 2.10. The molecule has 1 saturated heterocycles. The minimum absolute atomic E-state index is 0. The van der Waals surface area contributed by atoms with Gasteiger partial charge in [0.1, 0.15) is 0 Å². The van der Waals surface area contributed by atoms with Crippen LogP contribution in [0, 0.1) is 0 Å². The lowest BCUT2D eigenvalue weighted by atomic mass is 10.1. The highest BCUT2D eigenvalue weighted by Crippen LogP contribution is 2.20. The molecule has 2 N–H and O–H groups in total. The SMILES string of the molecule is CCC1CCCCCN1Cc1noc(CN)n1.Cl. The average molecular weight is 275 g/mol. The standard InChI is InChI=1S/C12H22N4O.ClH/c1-2-10-6-4-3-5-7-16(10)9-11-14-12(8-13)17-15-11;/h10H,2-9,13H2,1H3;1H. The number of halogens is 1. The van der Waals surface area contributed by atoms with Gasteiger partial charge in [0, 0.05) is 6.04 Å². The molecule has 0 spiro atoms. The molecular formula is C12H23ClN4O. The highest BCUT2D eigenvalue weighted by molar-refractivity contribution is 5.85. The maximum atomic E-state index is 5.46. The van der Waals surface area contributed by atoms with Crippen molar-refractivity contribution in [2.24, 2.45) is 5.73 Å². The van der Waals surface area contributed by atoms with Crippen molar-refractivity contribution in [3.8, 4) is 0 Å². The Morgan fingerprint density at radius 3 is 2.89 bits per heavy atom. The quantitative estimate of drug-likeness (QED) is 0.911. The van der Waals surface area contributed by atoms with Gasteiger partial charge in [-0.25, -0.2) is 0 Å². The summed E-state index contributed by atoms with van der Waals surface area (Å²) in [7, 11) is 0. The second-order valence-electron chi connectivity index (χ2n) is 4.69. The Hall–Kier alpha value is -0.650. The summed E-state index contributed by atoms with van der Waals surface area (Å²) >= 11 is 0. The van der Waals surface area contributed by atoms with Gasteiger partial charge in [-0.15, -0.1) is 12.4 Å². The molecule has 104 valence electrons. The van der Waals surface area contributed by atoms with Crippen LogP contribution >= 0.6 is 12.4 Å². The van der Waals surface area contributed by atoms with Crippen LogP contribution < -0.4 is 5.73 Å². The fourth-order valence-corrected chi connectivity index (χ4v) is 2.53. The van der Waals surface area contributed by atoms with Crippen molar-refractivity contribution in [1.82, 2.24) is 15.0 Å². The van der Waals surface area contributed by atoms with Gasteiger partial charge in [0.25, 0.3) is 0 Å². The first-order chi connectivity index (χ1) is 8.33. The van der Waals surface area contributed by atoms with E-state index in [0.29, 0.717) is 18.5 Å². The zero-order valence-electron chi connectivity index (χ0n) is 11.0. The summed E-state index contributed by atoms with van der Waals surface area (Å²) in [5.41, 5.74) is 5.46. The van der Waals surface area contributed by atoms with E-state index in [1.807, 2.05) is 0 Å². The molecule has 5 nitrogen and oxygen atoms in total. The number of nitrogens with zero attached hydrogens (tertiary/aromatic N) is 3. The van der Waals surface area contributed by atoms with Crippen molar-refractivity contribution in [3.05, 3.63) is 11.7 Å². The van der Waals surface area contributed by atoms with Gasteiger partial charge < -0.3 is 10.3 Å². The summed E-state index contributed by atoms with van der Waals surface area (Å²) in [5, 5.41) is 3.97. The molecule has 0 bridgehead atoms. The van der Waals surface area contributed by atoms with Crippen LogP contribution in [0.3, 0.4) is 0 Å². The monoisotopic (exact) mass is 274 g/mol. The van der Waals surface area contributed by atoms with Crippen molar-refractivity contribution in [1.29, 1.82) is 0 Å². The molecular weight excluding hydrogens is 252 g/mol. The predicted molar refractivity (Wildman–Crippen MR) is 72.4 cm³/mol. The first kappa shape index (κ1) is 15.4. The second kappa shape index (κ2) is 7.71. The molecule has 1 fully saturated rings. The molecule has 1 atom stereocenters. The van der Waals surface area contributed by atoms with Gasteiger partial charge in [-0.2, -0.15) is 4.98 Å². The van der Waals surface area contributed by atoms with Crippen molar-refractivity contribution in [2.75, 3.05) is 6.54 Å². The molecule has 6 heteroatoms. The normalized spacial score (nSPS) is 21.3. The van der Waals surface area contributed by atoms with E-state index in [4.69, 9.17) is 10.3 Å². The van der Waals surface area contributed by atoms with Gasteiger partial charge in [-0.05, 0) is 25.8 Å². The molecule has 0 amide bonds. The van der Waals surface area contributed by atoms with Crippen LogP contribution in [0.25, 0.3) is 0 Å². The maximum Gasteiger partial charge on any atom is 0.240 e. The Morgan fingerprint density at radius 1 is 1.39 bits per heavy atom. The minimum atomic E-state index is 0. The third kappa shape index (κ3) is 3.93. The second-order valence-corrected chi connectivity index (χ2v) is 4.69. The van der Waals surface area contributed by atoms with E-state index in [1.165, 1.54) is 32.1 Å². The molecule has 1 aliphatic heterocycles. The summed E-state index contributed by atoms with van der Waals surface area (Å²) in [4.78, 5) is 6.76. The summed E-state index contributed by atoms with van der Waals surface area (Å²) < 4.78 is 5.04. The fraction of sp³-hybridized carbons (Fsp3) is 0.833. The van der Waals surface area contributed by atoms with Gasteiger partial charge >= 0.3 is 0 Å². The van der Waals surface area contributed by atoms with E-state index in [9.17, 15) is 0 Å². The maximum absolute atomic E-state index is 5.46. The van der Waals surface area contributed by atoms with Crippen LogP contribution in [0.1, 0.15) is 50.7 Å². The van der Waals surface area contributed by atoms with Crippen LogP contribution in [-0.2, 0) is 13.1 Å². The molecule has 2 heterocycles. The minimum Gasteiger partial charge on any atom is -0.338 e. The molecule has 0 radical (unpaired) electrons. The van der Waals surface area contributed by atoms with Crippen LogP contribution in [0.4, 0.5) is 0 Å². The zero-order valence-corrected chi connectivity index (χ0v) is 11.8. The smallest absolute Gasteiger partial charge is 0.240 e. The number of hydrogen-bond acceptors (Lipinski definition) is 5. The van der Waals surface area contributed by atoms with E-state index >= 15 is 0 Å². The summed E-state index contributed by atoms with van der Waals surface area (Å²) in [6.07, 6.45) is 6.44. The number of nitrogens with two attached hydrogens (primary N) is 1. The van der Waals surface area contributed by atoms with Crippen LogP contribution in [0.2, 0.25) is 0 Å². The molecule has 1 unspecified atom stereocenters. The van der Waals surface area contributed by atoms with Crippen molar-refractivity contribution in [3.63, 3.8) is 0 Å². The molecule has 0 aliphatic carbocycles. The van der Waals surface area contributed by atoms with Gasteiger partial charge in [0.15, 0.2) is 5.82 Å². The van der Waals surface area contributed by atoms with E-state index in [-0.39, 0.29) is 12.4 Å². The Labute approximate surface area is 115 Å². The molecule has 2 rings (SSSR count). The Kier molecular flexibility index (Phi) is 6.60. The van der Waals surface area contributed by atoms with Crippen LogP contribution in [0.5, 0.6) is 0 Å². The number of aromatic nitrogens is 2. The van der Waals surface area contributed by atoms with Gasteiger partial charge in [0.05, 0.1) is 13.1 Å². The summed E-state index contributed by atoms with van der Waals surface area (Å²) in [5.74, 6) is 1.30. The van der Waals surface area contributed by atoms with Crippen molar-refractivity contribution >= 4 is 12.4 Å². The van der Waals surface area contributed by atoms with E-state index in [1.54, 1.807) is 0 Å². The Bertz CT molecular complexity index is 345. The Morgan fingerprint density at radius 2 is 2.22 bits per heavy atom. The van der Waals surface area contributed by atoms with Gasteiger partial charge in [-0.1, -0.05) is 24.9 Å². The average Bonchev–Trinajstić information content (AvgIpc) is 2.68. The lowest BCUT2D eigenvalue weighted by molar-refractivity contribution is 0.179. The largest absolute Gasteiger partial charge is 0.338 e. The number of hydrogen-bond donors (Lipinski definition) is 1. The summed E-state index contributed by atoms with van der Waals surface area (Å²) in [6.45, 7) is 4.52. The molecule has 1 aliphatic rings. The fourth-order valence-electron chi connectivity index (χ4n) is 2.53. The van der Waals surface area contributed by atoms with Crippen LogP contribution in [0.15, 0.2) is 4.52 Å². The lowest BCUT2D eigenvalue weighted by Gasteiger charge is -2.27. The van der Waals surface area contributed by atoms with Crippen molar-refractivity contribution < 1.29 is 4.52 Å². The van der Waals surface area contributed by atoms with E-state index in [0.717, 1.165) is 18.9 Å². The van der Waals surface area contributed by atoms with Crippen molar-refractivity contribution in [2.45, 2.75) is 58.2 Å². The highest BCUT2D eigenvalue weighted by Gasteiger charge is 2.21. The van der Waals surface area contributed by atoms with E-state index < -0.39 is 0 Å². The lowest BCUT2D eigenvalue weighted by Crippen LogP contribution is -2.34. The topological polar surface area (TPSA) is 68.2 Å². The summed E-state index contributed by atoms with van der Waals surface area (Å²) in [6, 6.07) is 0.664. The zero-order chi connectivity index (χ0) is 12.1. The molecule has 0 aromatic carbocycles. The Balaban J connectivity index is 0.00000162. The van der Waals surface area contributed by atoms with Gasteiger partial charge in [0.2, 0.25) is 5.89 Å². The molecule has 18 heavy (non-hydrogen) atoms. The first-order valence-electron chi connectivity index (χ1n) is 6.59. The molecule has 1 aromatic heterocycles. The highest BCUT2D eigenvalue weighted by atomic mass is 35.5.